The molecule has 1 atom stereocenters. The summed E-state index contributed by atoms with van der Waals surface area (Å²) in [6.45, 7) is 5.56. The Morgan fingerprint density at radius 2 is 1.72 bits per heavy atom. The molecule has 1 heterocycles. The molecule has 0 bridgehead atoms. The highest BCUT2D eigenvalue weighted by Gasteiger charge is 2.32. The summed E-state index contributed by atoms with van der Waals surface area (Å²) in [7, 11) is -3.74. The number of nitrogens with one attached hydrogen (secondary N) is 1. The van der Waals surface area contributed by atoms with Crippen LogP contribution in [0.4, 0.5) is 11.4 Å². The van der Waals surface area contributed by atoms with Crippen LogP contribution >= 0.6 is 0 Å². The molecule has 1 saturated heterocycles. The highest BCUT2D eigenvalue weighted by molar-refractivity contribution is 7.92. The van der Waals surface area contributed by atoms with Gasteiger partial charge >= 0.3 is 0 Å². The number of anilines is 2. The van der Waals surface area contributed by atoms with Crippen molar-refractivity contribution in [3.8, 4) is 0 Å². The second-order valence-electron chi connectivity index (χ2n) is 7.76. The molecule has 2 aromatic carbocycles. The zero-order valence-corrected chi connectivity index (χ0v) is 19.4. The van der Waals surface area contributed by atoms with Gasteiger partial charge in [0.15, 0.2) is 0 Å². The fourth-order valence-corrected chi connectivity index (χ4v) is 4.90. The molecule has 0 aliphatic carbocycles. The standard InChI is InChI=1S/C23H29N3O5S/c1-4-21(26(32(3,29)30)18-11-9-17(2)10-12-18)22(27)24-20-8-6-5-7-19(20)23(28)25-13-15-31-16-14-25/h5-12,21H,4,13-16H2,1-3H3,(H,24,27). The van der Waals surface area contributed by atoms with E-state index in [0.717, 1.165) is 16.1 Å². The van der Waals surface area contributed by atoms with Crippen LogP contribution in [0.3, 0.4) is 0 Å². The lowest BCUT2D eigenvalue weighted by Crippen LogP contribution is -2.47. The minimum Gasteiger partial charge on any atom is -0.378 e. The molecule has 9 heteroatoms. The van der Waals surface area contributed by atoms with Crippen molar-refractivity contribution in [3.63, 3.8) is 0 Å². The molecule has 0 saturated carbocycles. The van der Waals surface area contributed by atoms with Gasteiger partial charge < -0.3 is 15.0 Å². The van der Waals surface area contributed by atoms with Crippen molar-refractivity contribution in [2.45, 2.75) is 26.3 Å². The first-order valence-electron chi connectivity index (χ1n) is 10.6. The van der Waals surface area contributed by atoms with E-state index in [1.165, 1.54) is 0 Å². The summed E-state index contributed by atoms with van der Waals surface area (Å²) < 4.78 is 31.7. The van der Waals surface area contributed by atoms with E-state index in [1.54, 1.807) is 60.4 Å². The fraction of sp³-hybridized carbons (Fsp3) is 0.391. The maximum Gasteiger partial charge on any atom is 0.256 e. The SMILES string of the molecule is CCC(C(=O)Nc1ccccc1C(=O)N1CCOCC1)N(c1ccc(C)cc1)S(C)(=O)=O. The molecule has 1 aliphatic rings. The Bertz CT molecular complexity index is 1060. The van der Waals surface area contributed by atoms with Crippen LogP contribution in [0.2, 0.25) is 0 Å². The van der Waals surface area contributed by atoms with Crippen LogP contribution in [0.25, 0.3) is 0 Å². The molecular formula is C23H29N3O5S. The van der Waals surface area contributed by atoms with Gasteiger partial charge in [0.05, 0.1) is 36.4 Å². The highest BCUT2D eigenvalue weighted by Crippen LogP contribution is 2.25. The van der Waals surface area contributed by atoms with E-state index in [4.69, 9.17) is 4.74 Å². The van der Waals surface area contributed by atoms with Crippen LogP contribution in [0.1, 0.15) is 29.3 Å². The highest BCUT2D eigenvalue weighted by atomic mass is 32.2. The molecule has 1 fully saturated rings. The molecule has 1 aliphatic heterocycles. The quantitative estimate of drug-likeness (QED) is 0.687. The lowest BCUT2D eigenvalue weighted by atomic mass is 10.1. The Balaban J connectivity index is 1.89. The second kappa shape index (κ2) is 10.1. The van der Waals surface area contributed by atoms with Crippen LogP contribution in [-0.4, -0.2) is 63.7 Å². The molecule has 0 aromatic heterocycles. The van der Waals surface area contributed by atoms with Crippen molar-refractivity contribution in [3.05, 3.63) is 59.7 Å². The molecule has 172 valence electrons. The van der Waals surface area contributed by atoms with Crippen molar-refractivity contribution < 1.29 is 22.7 Å². The lowest BCUT2D eigenvalue weighted by molar-refractivity contribution is -0.117. The number of para-hydroxylation sites is 1. The van der Waals surface area contributed by atoms with Gasteiger partial charge in [-0.3, -0.25) is 13.9 Å². The monoisotopic (exact) mass is 459 g/mol. The fourth-order valence-electron chi connectivity index (χ4n) is 3.68. The Hall–Kier alpha value is -2.91. The van der Waals surface area contributed by atoms with Crippen LogP contribution in [0.5, 0.6) is 0 Å². The number of carbonyl (C=O) groups excluding carboxylic acids is 2. The Morgan fingerprint density at radius 3 is 2.31 bits per heavy atom. The topological polar surface area (TPSA) is 96.0 Å². The first kappa shape index (κ1) is 23.7. The summed E-state index contributed by atoms with van der Waals surface area (Å²) in [6, 6.07) is 12.8. The third-order valence-electron chi connectivity index (χ3n) is 5.33. The predicted octanol–water partition coefficient (Wildman–Crippen LogP) is 2.65. The second-order valence-corrected chi connectivity index (χ2v) is 9.62. The molecule has 2 aromatic rings. The smallest absolute Gasteiger partial charge is 0.256 e. The molecule has 0 radical (unpaired) electrons. The van der Waals surface area contributed by atoms with Gasteiger partial charge in [-0.15, -0.1) is 0 Å². The number of sulfonamides is 1. The molecule has 32 heavy (non-hydrogen) atoms. The number of hydrogen-bond acceptors (Lipinski definition) is 5. The number of benzene rings is 2. The van der Waals surface area contributed by atoms with E-state index in [-0.39, 0.29) is 12.3 Å². The van der Waals surface area contributed by atoms with E-state index >= 15 is 0 Å². The van der Waals surface area contributed by atoms with E-state index in [1.807, 2.05) is 6.92 Å². The Morgan fingerprint density at radius 1 is 1.09 bits per heavy atom. The van der Waals surface area contributed by atoms with Crippen molar-refractivity contribution in [1.82, 2.24) is 4.90 Å². The number of amides is 2. The summed E-state index contributed by atoms with van der Waals surface area (Å²) in [5.74, 6) is -0.698. The third-order valence-corrected chi connectivity index (χ3v) is 6.51. The first-order valence-corrected chi connectivity index (χ1v) is 12.4. The average Bonchev–Trinajstić information content (AvgIpc) is 2.78. The van der Waals surface area contributed by atoms with Gasteiger partial charge in [-0.2, -0.15) is 0 Å². The van der Waals surface area contributed by atoms with Crippen molar-refractivity contribution >= 4 is 33.2 Å². The van der Waals surface area contributed by atoms with E-state index in [9.17, 15) is 18.0 Å². The Kier molecular flexibility index (Phi) is 7.52. The van der Waals surface area contributed by atoms with Crippen LogP contribution in [-0.2, 0) is 19.6 Å². The van der Waals surface area contributed by atoms with Crippen LogP contribution in [0, 0.1) is 6.92 Å². The molecule has 2 amide bonds. The maximum atomic E-state index is 13.3. The maximum absolute atomic E-state index is 13.3. The molecule has 1 unspecified atom stereocenters. The zero-order chi connectivity index (χ0) is 23.3. The minimum absolute atomic E-state index is 0.198. The first-order chi connectivity index (χ1) is 15.2. The van der Waals surface area contributed by atoms with Gasteiger partial charge in [0.1, 0.15) is 6.04 Å². The molecular weight excluding hydrogens is 430 g/mol. The number of aryl methyl sites for hydroxylation is 1. The van der Waals surface area contributed by atoms with E-state index in [2.05, 4.69) is 5.32 Å². The van der Waals surface area contributed by atoms with Crippen LogP contribution in [0.15, 0.2) is 48.5 Å². The van der Waals surface area contributed by atoms with E-state index in [0.29, 0.717) is 43.2 Å². The summed E-state index contributed by atoms with van der Waals surface area (Å²) in [5.41, 5.74) is 2.11. The third kappa shape index (κ3) is 5.46. The molecule has 0 spiro atoms. The summed E-state index contributed by atoms with van der Waals surface area (Å²) >= 11 is 0. The van der Waals surface area contributed by atoms with Gasteiger partial charge in [0, 0.05) is 13.1 Å². The van der Waals surface area contributed by atoms with Gasteiger partial charge in [0.2, 0.25) is 15.9 Å². The van der Waals surface area contributed by atoms with Gasteiger partial charge in [-0.05, 0) is 37.6 Å². The van der Waals surface area contributed by atoms with Crippen molar-refractivity contribution in [2.75, 3.05) is 42.2 Å². The molecule has 8 nitrogen and oxygen atoms in total. The van der Waals surface area contributed by atoms with Gasteiger partial charge in [-0.1, -0.05) is 36.8 Å². The number of rotatable bonds is 7. The van der Waals surface area contributed by atoms with Crippen LogP contribution < -0.4 is 9.62 Å². The predicted molar refractivity (Wildman–Crippen MR) is 124 cm³/mol. The number of hydrogen-bond donors (Lipinski definition) is 1. The Labute approximate surface area is 189 Å². The zero-order valence-electron chi connectivity index (χ0n) is 18.6. The normalized spacial score (nSPS) is 15.2. The van der Waals surface area contributed by atoms with E-state index < -0.39 is 22.0 Å². The molecule has 1 N–H and O–H groups in total. The number of carbonyl (C=O) groups is 2. The van der Waals surface area contributed by atoms with Crippen molar-refractivity contribution in [1.29, 1.82) is 0 Å². The lowest BCUT2D eigenvalue weighted by Gasteiger charge is -2.31. The van der Waals surface area contributed by atoms with Gasteiger partial charge in [-0.25, -0.2) is 8.42 Å². The average molecular weight is 460 g/mol. The number of morpholine rings is 1. The molecule has 3 rings (SSSR count). The summed E-state index contributed by atoms with van der Waals surface area (Å²) in [6.07, 6.45) is 1.34. The van der Waals surface area contributed by atoms with Crippen molar-refractivity contribution in [2.24, 2.45) is 0 Å². The largest absolute Gasteiger partial charge is 0.378 e. The minimum atomic E-state index is -3.74. The number of ether oxygens (including phenoxy) is 1. The summed E-state index contributed by atoms with van der Waals surface area (Å²) in [4.78, 5) is 27.9. The van der Waals surface area contributed by atoms with Gasteiger partial charge in [0.25, 0.3) is 5.91 Å². The number of nitrogens with zero attached hydrogens (tertiary/aromatic N) is 2. The summed E-state index contributed by atoms with van der Waals surface area (Å²) in [5, 5.41) is 2.79.